The van der Waals surface area contributed by atoms with Gasteiger partial charge in [0.15, 0.2) is 5.84 Å². The van der Waals surface area contributed by atoms with E-state index in [1.165, 1.54) is 0 Å². The highest BCUT2D eigenvalue weighted by atomic mass is 16.7. The summed E-state index contributed by atoms with van der Waals surface area (Å²) < 4.78 is 12.1. The zero-order valence-corrected chi connectivity index (χ0v) is 13.3. The standard InChI is InChI=1S/C17H20N2O4/c1-16(2)9-18-15-17(22-6-3-7-23-17)12-8-11(14(20)21)4-5-13(12)19(15)10-16/h4-5,8H,3,6-7,9-10H2,1-2H3,(H,20,21). The SMILES string of the molecule is CC1(C)CN=C2N(C1)c1ccc(C(=O)O)cc1C21OCCCO1. The first-order valence-electron chi connectivity index (χ1n) is 7.91. The molecular weight excluding hydrogens is 296 g/mol. The molecule has 0 bridgehead atoms. The molecule has 4 rings (SSSR count). The molecule has 3 aliphatic heterocycles. The zero-order chi connectivity index (χ0) is 16.2. The van der Waals surface area contributed by atoms with Gasteiger partial charge in [-0.25, -0.2) is 4.79 Å². The van der Waals surface area contributed by atoms with Gasteiger partial charge in [-0.15, -0.1) is 0 Å². The Balaban J connectivity index is 1.91. The van der Waals surface area contributed by atoms with Crippen molar-refractivity contribution in [1.82, 2.24) is 0 Å². The second-order valence-corrected chi connectivity index (χ2v) is 7.09. The van der Waals surface area contributed by atoms with Gasteiger partial charge in [-0.3, -0.25) is 4.99 Å². The van der Waals surface area contributed by atoms with Crippen LogP contribution in [0, 0.1) is 5.41 Å². The maximum absolute atomic E-state index is 11.4. The number of aliphatic imine (C=N–C) groups is 1. The lowest BCUT2D eigenvalue weighted by atomic mass is 9.91. The van der Waals surface area contributed by atoms with E-state index in [9.17, 15) is 9.90 Å². The van der Waals surface area contributed by atoms with E-state index in [1.807, 2.05) is 6.07 Å². The first kappa shape index (κ1) is 14.7. The average molecular weight is 316 g/mol. The molecule has 0 unspecified atom stereocenters. The summed E-state index contributed by atoms with van der Waals surface area (Å²) in [5.41, 5.74) is 1.98. The molecule has 0 saturated carbocycles. The van der Waals surface area contributed by atoms with Crippen LogP contribution >= 0.6 is 0 Å². The molecule has 0 amide bonds. The van der Waals surface area contributed by atoms with E-state index < -0.39 is 11.8 Å². The Hall–Kier alpha value is -1.92. The van der Waals surface area contributed by atoms with Crippen LogP contribution < -0.4 is 4.90 Å². The van der Waals surface area contributed by atoms with Crippen LogP contribution in [0.2, 0.25) is 0 Å². The van der Waals surface area contributed by atoms with Crippen molar-refractivity contribution in [3.8, 4) is 0 Å². The van der Waals surface area contributed by atoms with Crippen LogP contribution in [0.1, 0.15) is 36.2 Å². The Morgan fingerprint density at radius 3 is 2.74 bits per heavy atom. The molecule has 0 radical (unpaired) electrons. The molecule has 6 heteroatoms. The Morgan fingerprint density at radius 1 is 1.30 bits per heavy atom. The lowest BCUT2D eigenvalue weighted by Crippen LogP contribution is -2.52. The third-order valence-corrected chi connectivity index (χ3v) is 4.58. The molecule has 0 aliphatic carbocycles. The second kappa shape index (κ2) is 4.79. The number of fused-ring (bicyclic) bond motifs is 5. The van der Waals surface area contributed by atoms with Crippen LogP contribution in [0.4, 0.5) is 5.69 Å². The zero-order valence-electron chi connectivity index (χ0n) is 13.3. The Morgan fingerprint density at radius 2 is 2.04 bits per heavy atom. The minimum absolute atomic E-state index is 0.0481. The van der Waals surface area contributed by atoms with Gasteiger partial charge in [-0.2, -0.15) is 0 Å². The number of anilines is 1. The number of benzene rings is 1. The first-order valence-corrected chi connectivity index (χ1v) is 7.91. The van der Waals surface area contributed by atoms with E-state index in [0.717, 1.165) is 30.1 Å². The predicted octanol–water partition coefficient (Wildman–Crippen LogP) is 2.23. The number of carboxylic acid groups (broad SMARTS) is 1. The maximum atomic E-state index is 11.4. The number of ether oxygens (including phenoxy) is 2. The summed E-state index contributed by atoms with van der Waals surface area (Å²) >= 11 is 0. The second-order valence-electron chi connectivity index (χ2n) is 7.09. The smallest absolute Gasteiger partial charge is 0.335 e. The minimum Gasteiger partial charge on any atom is -0.478 e. The van der Waals surface area contributed by atoms with Gasteiger partial charge in [0.2, 0.25) is 0 Å². The quantitative estimate of drug-likeness (QED) is 0.860. The van der Waals surface area contributed by atoms with Crippen molar-refractivity contribution in [1.29, 1.82) is 0 Å². The summed E-state index contributed by atoms with van der Waals surface area (Å²) in [7, 11) is 0. The molecule has 3 aliphatic rings. The van der Waals surface area contributed by atoms with E-state index in [2.05, 4.69) is 18.7 Å². The van der Waals surface area contributed by atoms with E-state index in [-0.39, 0.29) is 11.0 Å². The third kappa shape index (κ3) is 2.09. The Bertz CT molecular complexity index is 705. The lowest BCUT2D eigenvalue weighted by Gasteiger charge is -2.40. The van der Waals surface area contributed by atoms with Crippen LogP contribution in [0.25, 0.3) is 0 Å². The minimum atomic E-state index is -1.05. The van der Waals surface area contributed by atoms with Crippen molar-refractivity contribution < 1.29 is 19.4 Å². The summed E-state index contributed by atoms with van der Waals surface area (Å²) in [6, 6.07) is 5.13. The number of aromatic carboxylic acids is 1. The fourth-order valence-corrected chi connectivity index (χ4v) is 3.51. The molecule has 0 aromatic heterocycles. The van der Waals surface area contributed by atoms with E-state index >= 15 is 0 Å². The fraction of sp³-hybridized carbons (Fsp3) is 0.529. The highest BCUT2D eigenvalue weighted by molar-refractivity contribution is 6.10. The van der Waals surface area contributed by atoms with E-state index in [4.69, 9.17) is 14.5 Å². The van der Waals surface area contributed by atoms with Crippen molar-refractivity contribution in [3.63, 3.8) is 0 Å². The first-order chi connectivity index (χ1) is 10.9. The van der Waals surface area contributed by atoms with Gasteiger partial charge >= 0.3 is 5.97 Å². The van der Waals surface area contributed by atoms with Gasteiger partial charge in [0.1, 0.15) is 0 Å². The molecule has 1 spiro atoms. The number of carbonyl (C=O) groups is 1. The molecule has 0 atom stereocenters. The summed E-state index contributed by atoms with van der Waals surface area (Å²) in [5.74, 6) is -1.24. The van der Waals surface area contributed by atoms with Gasteiger partial charge in [-0.05, 0) is 24.6 Å². The van der Waals surface area contributed by atoms with Gasteiger partial charge in [0, 0.05) is 24.1 Å². The molecule has 1 aromatic carbocycles. The third-order valence-electron chi connectivity index (χ3n) is 4.58. The number of hydrogen-bond acceptors (Lipinski definition) is 5. The summed E-state index contributed by atoms with van der Waals surface area (Å²) in [4.78, 5) is 18.2. The topological polar surface area (TPSA) is 71.4 Å². The van der Waals surface area contributed by atoms with Crippen LogP contribution in [0.5, 0.6) is 0 Å². The van der Waals surface area contributed by atoms with Crippen LogP contribution in [-0.4, -0.2) is 43.2 Å². The normalized spacial score (nSPS) is 24.1. The molecule has 1 aromatic rings. The van der Waals surface area contributed by atoms with Gasteiger partial charge in [0.05, 0.1) is 24.5 Å². The Kier molecular flexibility index (Phi) is 3.05. The molecular formula is C17H20N2O4. The van der Waals surface area contributed by atoms with Crippen LogP contribution in [-0.2, 0) is 15.3 Å². The van der Waals surface area contributed by atoms with Crippen molar-refractivity contribution in [2.75, 3.05) is 31.2 Å². The van der Waals surface area contributed by atoms with Crippen molar-refractivity contribution >= 4 is 17.5 Å². The van der Waals surface area contributed by atoms with Crippen molar-refractivity contribution in [3.05, 3.63) is 29.3 Å². The van der Waals surface area contributed by atoms with Crippen LogP contribution in [0.3, 0.4) is 0 Å². The summed E-state index contributed by atoms with van der Waals surface area (Å²) in [5, 5.41) is 9.32. The number of amidine groups is 1. The summed E-state index contributed by atoms with van der Waals surface area (Å²) in [6.45, 7) is 7.01. The van der Waals surface area contributed by atoms with E-state index in [1.54, 1.807) is 12.1 Å². The fourth-order valence-electron chi connectivity index (χ4n) is 3.51. The monoisotopic (exact) mass is 316 g/mol. The molecule has 1 fully saturated rings. The molecule has 1 saturated heterocycles. The lowest BCUT2D eigenvalue weighted by molar-refractivity contribution is -0.228. The van der Waals surface area contributed by atoms with Gasteiger partial charge in [0.25, 0.3) is 5.79 Å². The Labute approximate surface area is 134 Å². The summed E-state index contributed by atoms with van der Waals surface area (Å²) in [6.07, 6.45) is 0.828. The maximum Gasteiger partial charge on any atom is 0.335 e. The molecule has 1 N–H and O–H groups in total. The number of carboxylic acids is 1. The molecule has 122 valence electrons. The number of rotatable bonds is 1. The highest BCUT2D eigenvalue weighted by Crippen LogP contribution is 2.48. The number of nitrogens with zero attached hydrogens (tertiary/aromatic N) is 2. The van der Waals surface area contributed by atoms with Crippen molar-refractivity contribution in [2.24, 2.45) is 10.4 Å². The highest BCUT2D eigenvalue weighted by Gasteiger charge is 2.55. The van der Waals surface area contributed by atoms with Gasteiger partial charge < -0.3 is 19.5 Å². The van der Waals surface area contributed by atoms with Gasteiger partial charge in [-0.1, -0.05) is 13.8 Å². The molecule has 6 nitrogen and oxygen atoms in total. The van der Waals surface area contributed by atoms with Crippen LogP contribution in [0.15, 0.2) is 23.2 Å². The van der Waals surface area contributed by atoms with Crippen molar-refractivity contribution in [2.45, 2.75) is 26.1 Å². The average Bonchev–Trinajstić information content (AvgIpc) is 2.76. The largest absolute Gasteiger partial charge is 0.478 e. The molecule has 23 heavy (non-hydrogen) atoms. The predicted molar refractivity (Wildman–Crippen MR) is 85.0 cm³/mol. The number of hydrogen-bond donors (Lipinski definition) is 1. The van der Waals surface area contributed by atoms with E-state index in [0.29, 0.717) is 19.8 Å². The molecule has 3 heterocycles.